The van der Waals surface area contributed by atoms with Crippen LogP contribution in [0.4, 0.5) is 0 Å². The molecule has 0 bridgehead atoms. The molecule has 0 fully saturated rings. The van der Waals surface area contributed by atoms with Crippen LogP contribution in [-0.4, -0.2) is 20.0 Å². The standard InChI is InChI=1S/C14H13ClO3S/c1-8-6-10(17-2)11(18-3)7-9(8)14(16)12-4-5-13(15)19-12/h4-7H,1-3H3. The molecule has 19 heavy (non-hydrogen) atoms. The van der Waals surface area contributed by atoms with Crippen molar-refractivity contribution >= 4 is 28.7 Å². The van der Waals surface area contributed by atoms with Crippen molar-refractivity contribution < 1.29 is 14.3 Å². The molecule has 0 unspecified atom stereocenters. The second kappa shape index (κ2) is 5.63. The number of methoxy groups -OCH3 is 2. The van der Waals surface area contributed by atoms with Gasteiger partial charge in [-0.1, -0.05) is 11.6 Å². The summed E-state index contributed by atoms with van der Waals surface area (Å²) in [5.74, 6) is 1.09. The average molecular weight is 297 g/mol. The number of halogens is 1. The maximum atomic E-state index is 12.4. The molecule has 5 heteroatoms. The van der Waals surface area contributed by atoms with Gasteiger partial charge in [-0.15, -0.1) is 11.3 Å². The van der Waals surface area contributed by atoms with E-state index >= 15 is 0 Å². The Hall–Kier alpha value is -1.52. The van der Waals surface area contributed by atoms with Crippen LogP contribution in [0.2, 0.25) is 4.34 Å². The van der Waals surface area contributed by atoms with Crippen molar-refractivity contribution in [3.63, 3.8) is 0 Å². The molecular formula is C14H13ClO3S. The Morgan fingerprint density at radius 1 is 1.16 bits per heavy atom. The molecule has 0 N–H and O–H groups in total. The van der Waals surface area contributed by atoms with E-state index in [1.807, 2.05) is 6.92 Å². The predicted octanol–water partition coefficient (Wildman–Crippen LogP) is 3.96. The van der Waals surface area contributed by atoms with Gasteiger partial charge in [0, 0.05) is 5.56 Å². The molecule has 0 aliphatic heterocycles. The molecule has 1 aromatic carbocycles. The smallest absolute Gasteiger partial charge is 0.203 e. The summed E-state index contributed by atoms with van der Waals surface area (Å²) < 4.78 is 11.0. The summed E-state index contributed by atoms with van der Waals surface area (Å²) >= 11 is 7.13. The summed E-state index contributed by atoms with van der Waals surface area (Å²) in [7, 11) is 3.11. The molecule has 0 aliphatic rings. The summed E-state index contributed by atoms with van der Waals surface area (Å²) in [6.45, 7) is 1.87. The summed E-state index contributed by atoms with van der Waals surface area (Å²) in [5, 5.41) is 0. The van der Waals surface area contributed by atoms with Gasteiger partial charge in [0.15, 0.2) is 11.5 Å². The van der Waals surface area contributed by atoms with Crippen molar-refractivity contribution in [1.82, 2.24) is 0 Å². The van der Waals surface area contributed by atoms with Gasteiger partial charge in [0.2, 0.25) is 5.78 Å². The lowest BCUT2D eigenvalue weighted by molar-refractivity contribution is 0.104. The Bertz CT molecular complexity index is 619. The topological polar surface area (TPSA) is 35.5 Å². The lowest BCUT2D eigenvalue weighted by Crippen LogP contribution is -2.03. The van der Waals surface area contributed by atoms with Crippen molar-refractivity contribution in [2.75, 3.05) is 14.2 Å². The molecule has 2 rings (SSSR count). The lowest BCUT2D eigenvalue weighted by Gasteiger charge is -2.11. The fourth-order valence-electron chi connectivity index (χ4n) is 1.79. The minimum absolute atomic E-state index is 0.0599. The molecule has 0 spiro atoms. The van der Waals surface area contributed by atoms with Gasteiger partial charge in [-0.2, -0.15) is 0 Å². The van der Waals surface area contributed by atoms with Crippen molar-refractivity contribution in [2.45, 2.75) is 6.92 Å². The molecule has 0 aliphatic carbocycles. The van der Waals surface area contributed by atoms with Gasteiger partial charge in [-0.25, -0.2) is 0 Å². The summed E-state index contributed by atoms with van der Waals surface area (Å²) in [6, 6.07) is 6.94. The maximum Gasteiger partial charge on any atom is 0.203 e. The van der Waals surface area contributed by atoms with Crippen LogP contribution in [0.1, 0.15) is 20.8 Å². The van der Waals surface area contributed by atoms with Crippen molar-refractivity contribution in [2.24, 2.45) is 0 Å². The van der Waals surface area contributed by atoms with E-state index in [-0.39, 0.29) is 5.78 Å². The predicted molar refractivity (Wildman–Crippen MR) is 77.0 cm³/mol. The first-order valence-electron chi connectivity index (χ1n) is 5.59. The van der Waals surface area contributed by atoms with E-state index in [0.29, 0.717) is 26.3 Å². The first-order chi connectivity index (χ1) is 9.06. The number of hydrogen-bond acceptors (Lipinski definition) is 4. The summed E-state index contributed by atoms with van der Waals surface area (Å²) in [5.41, 5.74) is 1.43. The number of ketones is 1. The van der Waals surface area contributed by atoms with Crippen LogP contribution in [0.5, 0.6) is 11.5 Å². The van der Waals surface area contributed by atoms with Crippen LogP contribution in [-0.2, 0) is 0 Å². The number of thiophene rings is 1. The van der Waals surface area contributed by atoms with Gasteiger partial charge in [0.05, 0.1) is 23.4 Å². The third-order valence-corrected chi connectivity index (χ3v) is 4.00. The van der Waals surface area contributed by atoms with Crippen LogP contribution >= 0.6 is 22.9 Å². The first-order valence-corrected chi connectivity index (χ1v) is 6.79. The second-order valence-corrected chi connectivity index (χ2v) is 5.67. The van der Waals surface area contributed by atoms with Gasteiger partial charge in [-0.3, -0.25) is 4.79 Å². The fourth-order valence-corrected chi connectivity index (χ4v) is 2.79. The highest BCUT2D eigenvalue weighted by Gasteiger charge is 2.17. The Morgan fingerprint density at radius 3 is 2.32 bits per heavy atom. The number of benzene rings is 1. The highest BCUT2D eigenvalue weighted by molar-refractivity contribution is 7.18. The zero-order chi connectivity index (χ0) is 14.0. The first kappa shape index (κ1) is 13.9. The minimum atomic E-state index is -0.0599. The Kier molecular flexibility index (Phi) is 4.12. The van der Waals surface area contributed by atoms with Crippen LogP contribution in [0, 0.1) is 6.92 Å². The van der Waals surface area contributed by atoms with Crippen molar-refractivity contribution in [1.29, 1.82) is 0 Å². The molecule has 0 saturated carbocycles. The highest BCUT2D eigenvalue weighted by atomic mass is 35.5. The third kappa shape index (κ3) is 2.74. The molecule has 1 heterocycles. The van der Waals surface area contributed by atoms with Gasteiger partial charge in [-0.05, 0) is 36.8 Å². The molecule has 2 aromatic rings. The molecule has 0 amide bonds. The van der Waals surface area contributed by atoms with E-state index in [1.54, 1.807) is 38.5 Å². The Labute approximate surface area is 120 Å². The zero-order valence-electron chi connectivity index (χ0n) is 10.8. The average Bonchev–Trinajstić information content (AvgIpc) is 2.84. The van der Waals surface area contributed by atoms with Gasteiger partial charge >= 0.3 is 0 Å². The fraction of sp³-hybridized carbons (Fsp3) is 0.214. The Morgan fingerprint density at radius 2 is 1.79 bits per heavy atom. The van der Waals surface area contributed by atoms with Crippen LogP contribution < -0.4 is 9.47 Å². The SMILES string of the molecule is COc1cc(C)c(C(=O)c2ccc(Cl)s2)cc1OC. The van der Waals surface area contributed by atoms with E-state index in [0.717, 1.165) is 5.56 Å². The largest absolute Gasteiger partial charge is 0.493 e. The van der Waals surface area contributed by atoms with Gasteiger partial charge in [0.25, 0.3) is 0 Å². The Balaban J connectivity index is 2.47. The molecule has 0 radical (unpaired) electrons. The molecular weight excluding hydrogens is 284 g/mol. The monoisotopic (exact) mass is 296 g/mol. The minimum Gasteiger partial charge on any atom is -0.493 e. The number of hydrogen-bond donors (Lipinski definition) is 0. The van der Waals surface area contributed by atoms with Gasteiger partial charge in [0.1, 0.15) is 0 Å². The van der Waals surface area contributed by atoms with E-state index < -0.39 is 0 Å². The number of aryl methyl sites for hydroxylation is 1. The molecule has 100 valence electrons. The lowest BCUT2D eigenvalue weighted by atomic mass is 10.0. The highest BCUT2D eigenvalue weighted by Crippen LogP contribution is 2.32. The van der Waals surface area contributed by atoms with E-state index in [2.05, 4.69) is 0 Å². The number of carbonyl (C=O) groups is 1. The number of ether oxygens (including phenoxy) is 2. The van der Waals surface area contributed by atoms with E-state index in [9.17, 15) is 4.79 Å². The quantitative estimate of drug-likeness (QED) is 0.801. The molecule has 0 saturated heterocycles. The maximum absolute atomic E-state index is 12.4. The molecule has 0 atom stereocenters. The number of carbonyl (C=O) groups excluding carboxylic acids is 1. The number of rotatable bonds is 4. The van der Waals surface area contributed by atoms with Crippen molar-refractivity contribution in [3.8, 4) is 11.5 Å². The third-order valence-electron chi connectivity index (χ3n) is 2.77. The van der Waals surface area contributed by atoms with Crippen LogP contribution in [0.25, 0.3) is 0 Å². The second-order valence-electron chi connectivity index (χ2n) is 3.95. The van der Waals surface area contributed by atoms with Crippen molar-refractivity contribution in [3.05, 3.63) is 44.6 Å². The van der Waals surface area contributed by atoms with E-state index in [1.165, 1.54) is 11.3 Å². The molecule has 1 aromatic heterocycles. The van der Waals surface area contributed by atoms with E-state index in [4.69, 9.17) is 21.1 Å². The van der Waals surface area contributed by atoms with Crippen LogP contribution in [0.15, 0.2) is 24.3 Å². The van der Waals surface area contributed by atoms with Gasteiger partial charge < -0.3 is 9.47 Å². The summed E-state index contributed by atoms with van der Waals surface area (Å²) in [4.78, 5) is 13.0. The molecule has 3 nitrogen and oxygen atoms in total. The summed E-state index contributed by atoms with van der Waals surface area (Å²) in [6.07, 6.45) is 0. The zero-order valence-corrected chi connectivity index (χ0v) is 12.4. The normalized spacial score (nSPS) is 10.3. The van der Waals surface area contributed by atoms with Crippen LogP contribution in [0.3, 0.4) is 0 Å².